The summed E-state index contributed by atoms with van der Waals surface area (Å²) in [4.78, 5) is 2.46. The van der Waals surface area contributed by atoms with Crippen LogP contribution in [0.3, 0.4) is 0 Å². The number of para-hydroxylation sites is 1. The zero-order valence-corrected chi connectivity index (χ0v) is 31.7. The van der Waals surface area contributed by atoms with Crippen molar-refractivity contribution in [2.75, 3.05) is 4.90 Å². The van der Waals surface area contributed by atoms with Crippen LogP contribution in [0, 0.1) is 0 Å². The summed E-state index contributed by atoms with van der Waals surface area (Å²) < 4.78 is 0. The Labute approximate surface area is 329 Å². The molecule has 0 saturated heterocycles. The first-order valence-electron chi connectivity index (χ1n) is 19.5. The highest BCUT2D eigenvalue weighted by Crippen LogP contribution is 2.51. The van der Waals surface area contributed by atoms with Crippen molar-refractivity contribution < 1.29 is 0 Å². The first-order chi connectivity index (χ1) is 27.6. The van der Waals surface area contributed by atoms with Gasteiger partial charge >= 0.3 is 0 Å². The molecule has 0 aromatic heterocycles. The highest BCUT2D eigenvalue weighted by Gasteiger charge is 2.36. The molecule has 1 heteroatoms. The Bertz CT molecular complexity index is 2870. The predicted octanol–water partition coefficient (Wildman–Crippen LogP) is 15.3. The SMILES string of the molecule is CC1(C)c2ccccc2-c2ccc(N(c3ccc(-c4ccc(-c5ccccc5)c5ccccc45)cc3)c3ccccc3-c3ccccc3-c3ccccc3)cc21. The van der Waals surface area contributed by atoms with E-state index in [1.54, 1.807) is 0 Å². The van der Waals surface area contributed by atoms with Crippen LogP contribution in [0.4, 0.5) is 17.1 Å². The van der Waals surface area contributed by atoms with Crippen LogP contribution in [-0.2, 0) is 5.41 Å². The maximum atomic E-state index is 2.46. The van der Waals surface area contributed by atoms with Crippen LogP contribution in [0.2, 0.25) is 0 Å². The number of anilines is 3. The van der Waals surface area contributed by atoms with Gasteiger partial charge in [0.2, 0.25) is 0 Å². The molecule has 1 nitrogen and oxygen atoms in total. The molecule has 266 valence electrons. The van der Waals surface area contributed by atoms with Gasteiger partial charge in [-0.2, -0.15) is 0 Å². The summed E-state index contributed by atoms with van der Waals surface area (Å²) >= 11 is 0. The lowest BCUT2D eigenvalue weighted by Gasteiger charge is -2.30. The smallest absolute Gasteiger partial charge is 0.0540 e. The third kappa shape index (κ3) is 5.63. The Morgan fingerprint density at radius 3 is 1.41 bits per heavy atom. The van der Waals surface area contributed by atoms with Gasteiger partial charge in [-0.3, -0.25) is 0 Å². The van der Waals surface area contributed by atoms with Gasteiger partial charge in [-0.25, -0.2) is 0 Å². The zero-order valence-electron chi connectivity index (χ0n) is 31.7. The normalized spacial score (nSPS) is 12.6. The third-order valence-corrected chi connectivity index (χ3v) is 11.7. The Hall–Kier alpha value is -6.96. The molecule has 0 atom stereocenters. The average Bonchev–Trinajstić information content (AvgIpc) is 3.50. The van der Waals surface area contributed by atoms with Crippen molar-refractivity contribution in [1.29, 1.82) is 0 Å². The molecular formula is C55H41N. The maximum Gasteiger partial charge on any atom is 0.0540 e. The van der Waals surface area contributed by atoms with Gasteiger partial charge in [-0.1, -0.05) is 196 Å². The van der Waals surface area contributed by atoms with Gasteiger partial charge in [0.1, 0.15) is 0 Å². The van der Waals surface area contributed by atoms with Crippen LogP contribution >= 0.6 is 0 Å². The van der Waals surface area contributed by atoms with E-state index in [-0.39, 0.29) is 5.41 Å². The first kappa shape index (κ1) is 33.6. The second-order valence-electron chi connectivity index (χ2n) is 15.3. The van der Waals surface area contributed by atoms with Gasteiger partial charge in [0.15, 0.2) is 0 Å². The molecule has 0 spiro atoms. The molecule has 9 aromatic rings. The van der Waals surface area contributed by atoms with E-state index in [1.807, 2.05) is 0 Å². The number of benzene rings is 9. The molecule has 56 heavy (non-hydrogen) atoms. The molecule has 9 aromatic carbocycles. The van der Waals surface area contributed by atoms with E-state index in [0.717, 1.165) is 17.1 Å². The molecule has 1 aliphatic rings. The quantitative estimate of drug-likeness (QED) is 0.159. The van der Waals surface area contributed by atoms with Crippen LogP contribution in [0.5, 0.6) is 0 Å². The summed E-state index contributed by atoms with van der Waals surface area (Å²) in [5, 5.41) is 2.51. The monoisotopic (exact) mass is 715 g/mol. The molecule has 0 radical (unpaired) electrons. The van der Waals surface area contributed by atoms with Crippen LogP contribution in [0.15, 0.2) is 212 Å². The van der Waals surface area contributed by atoms with Crippen molar-refractivity contribution in [3.8, 4) is 55.6 Å². The number of fused-ring (bicyclic) bond motifs is 4. The third-order valence-electron chi connectivity index (χ3n) is 11.7. The summed E-state index contributed by atoms with van der Waals surface area (Å²) in [6.07, 6.45) is 0. The average molecular weight is 716 g/mol. The number of hydrogen-bond acceptors (Lipinski definition) is 1. The van der Waals surface area contributed by atoms with E-state index >= 15 is 0 Å². The van der Waals surface area contributed by atoms with Crippen LogP contribution in [0.25, 0.3) is 66.4 Å². The highest BCUT2D eigenvalue weighted by molar-refractivity contribution is 6.05. The summed E-state index contributed by atoms with van der Waals surface area (Å²) in [6, 6.07) is 77.5. The van der Waals surface area contributed by atoms with Crippen molar-refractivity contribution in [3.63, 3.8) is 0 Å². The van der Waals surface area contributed by atoms with Crippen molar-refractivity contribution in [3.05, 3.63) is 223 Å². The van der Waals surface area contributed by atoms with Gasteiger partial charge in [0, 0.05) is 22.4 Å². The van der Waals surface area contributed by atoms with Crippen LogP contribution in [-0.4, -0.2) is 0 Å². The molecule has 0 fully saturated rings. The largest absolute Gasteiger partial charge is 0.310 e. The Morgan fingerprint density at radius 1 is 0.304 bits per heavy atom. The molecule has 0 aliphatic heterocycles. The van der Waals surface area contributed by atoms with E-state index in [0.29, 0.717) is 0 Å². The van der Waals surface area contributed by atoms with Crippen molar-refractivity contribution in [2.45, 2.75) is 19.3 Å². The standard InChI is InChI=1S/C55H41N/c1-55(2)52-27-15-13-25-49(52)50-34-33-42(37-53(50)55)56(54-28-16-14-26-51(54)48-24-10-9-21-43(48)38-17-5-3-6-18-38)41-31-29-40(30-32-41)45-36-35-44(39-19-7-4-8-20-39)46-22-11-12-23-47(45)46/h3-37H,1-2H3. The van der Waals surface area contributed by atoms with Crippen LogP contribution in [0.1, 0.15) is 25.0 Å². The Balaban J connectivity index is 1.14. The molecule has 0 heterocycles. The minimum absolute atomic E-state index is 0.121. The van der Waals surface area contributed by atoms with Gasteiger partial charge in [-0.05, 0) is 102 Å². The van der Waals surface area contributed by atoms with Crippen molar-refractivity contribution >= 4 is 27.8 Å². The lowest BCUT2D eigenvalue weighted by molar-refractivity contribution is 0.660. The van der Waals surface area contributed by atoms with E-state index in [2.05, 4.69) is 231 Å². The molecule has 0 N–H and O–H groups in total. The lowest BCUT2D eigenvalue weighted by atomic mass is 9.82. The molecule has 0 amide bonds. The van der Waals surface area contributed by atoms with Crippen molar-refractivity contribution in [2.24, 2.45) is 0 Å². The summed E-state index contributed by atoms with van der Waals surface area (Å²) in [6.45, 7) is 4.72. The van der Waals surface area contributed by atoms with Gasteiger partial charge in [0.05, 0.1) is 5.69 Å². The fourth-order valence-corrected chi connectivity index (χ4v) is 8.95. The van der Waals surface area contributed by atoms with Crippen LogP contribution < -0.4 is 4.90 Å². The molecule has 0 saturated carbocycles. The van der Waals surface area contributed by atoms with E-state index < -0.39 is 0 Å². The fourth-order valence-electron chi connectivity index (χ4n) is 8.95. The van der Waals surface area contributed by atoms with E-state index in [1.165, 1.54) is 77.5 Å². The van der Waals surface area contributed by atoms with E-state index in [9.17, 15) is 0 Å². The summed E-state index contributed by atoms with van der Waals surface area (Å²) in [5.41, 5.74) is 18.4. The minimum Gasteiger partial charge on any atom is -0.310 e. The van der Waals surface area contributed by atoms with Crippen molar-refractivity contribution in [1.82, 2.24) is 0 Å². The first-order valence-corrected chi connectivity index (χ1v) is 19.5. The minimum atomic E-state index is -0.121. The molecule has 0 bridgehead atoms. The van der Waals surface area contributed by atoms with Gasteiger partial charge < -0.3 is 4.90 Å². The fraction of sp³-hybridized carbons (Fsp3) is 0.0545. The maximum absolute atomic E-state index is 2.46. The Morgan fingerprint density at radius 2 is 0.750 bits per heavy atom. The number of nitrogens with zero attached hydrogens (tertiary/aromatic N) is 1. The highest BCUT2D eigenvalue weighted by atomic mass is 15.1. The summed E-state index contributed by atoms with van der Waals surface area (Å²) in [5.74, 6) is 0. The topological polar surface area (TPSA) is 3.24 Å². The molecule has 10 rings (SSSR count). The second-order valence-corrected chi connectivity index (χ2v) is 15.3. The molecule has 0 unspecified atom stereocenters. The summed E-state index contributed by atoms with van der Waals surface area (Å²) in [7, 11) is 0. The van der Waals surface area contributed by atoms with Gasteiger partial charge in [0.25, 0.3) is 0 Å². The van der Waals surface area contributed by atoms with Gasteiger partial charge in [-0.15, -0.1) is 0 Å². The Kier molecular flexibility index (Phi) is 8.23. The number of hydrogen-bond donors (Lipinski definition) is 0. The molecule has 1 aliphatic carbocycles. The lowest BCUT2D eigenvalue weighted by Crippen LogP contribution is -2.17. The molecular weight excluding hydrogens is 675 g/mol. The number of rotatable bonds is 7. The predicted molar refractivity (Wildman–Crippen MR) is 238 cm³/mol. The van der Waals surface area contributed by atoms with E-state index in [4.69, 9.17) is 0 Å². The second kappa shape index (κ2) is 13.7. The zero-order chi connectivity index (χ0) is 37.6.